The molecule has 1 aromatic carbocycles. The second-order valence-corrected chi connectivity index (χ2v) is 5.41. The van der Waals surface area contributed by atoms with Gasteiger partial charge >= 0.3 is 5.97 Å². The number of hydrogen-bond acceptors (Lipinski definition) is 3. The highest BCUT2D eigenvalue weighted by atomic mass is 35.5. The Morgan fingerprint density at radius 3 is 2.75 bits per heavy atom. The van der Waals surface area contributed by atoms with Gasteiger partial charge in [-0.15, -0.1) is 0 Å². The highest BCUT2D eigenvalue weighted by Gasteiger charge is 2.47. The first-order valence-electron chi connectivity index (χ1n) is 6.53. The standard InChI is InChI=1S/C14H17ClN2O3/c1-2-14(13(19)20)6-3-7-17(14)11-8-9(15)4-5-10(11)12(16)18/h4-5,8H,2-3,6-7H2,1H3,(H2,16,18)(H,19,20). The zero-order chi connectivity index (χ0) is 14.9. The van der Waals surface area contributed by atoms with E-state index in [9.17, 15) is 14.7 Å². The van der Waals surface area contributed by atoms with Gasteiger partial charge in [0, 0.05) is 11.6 Å². The summed E-state index contributed by atoms with van der Waals surface area (Å²) in [6.45, 7) is 2.40. The van der Waals surface area contributed by atoms with Crippen molar-refractivity contribution in [3.05, 3.63) is 28.8 Å². The van der Waals surface area contributed by atoms with Crippen molar-refractivity contribution in [2.24, 2.45) is 5.73 Å². The van der Waals surface area contributed by atoms with Gasteiger partial charge in [0.1, 0.15) is 5.54 Å². The van der Waals surface area contributed by atoms with Crippen molar-refractivity contribution in [3.63, 3.8) is 0 Å². The Bertz CT molecular complexity index is 561. The highest BCUT2D eigenvalue weighted by molar-refractivity contribution is 6.31. The van der Waals surface area contributed by atoms with Crippen LogP contribution in [0.5, 0.6) is 0 Å². The number of nitrogens with zero attached hydrogens (tertiary/aromatic N) is 1. The van der Waals surface area contributed by atoms with Crippen LogP contribution in [0.25, 0.3) is 0 Å². The minimum atomic E-state index is -0.991. The number of rotatable bonds is 4. The molecule has 1 heterocycles. The van der Waals surface area contributed by atoms with Crippen molar-refractivity contribution in [2.75, 3.05) is 11.4 Å². The van der Waals surface area contributed by atoms with Crippen LogP contribution in [0.3, 0.4) is 0 Å². The molecule has 20 heavy (non-hydrogen) atoms. The summed E-state index contributed by atoms with van der Waals surface area (Å²) in [7, 11) is 0. The van der Waals surface area contributed by atoms with Gasteiger partial charge in [-0.25, -0.2) is 4.79 Å². The van der Waals surface area contributed by atoms with Crippen molar-refractivity contribution >= 4 is 29.2 Å². The third kappa shape index (κ3) is 2.22. The van der Waals surface area contributed by atoms with Crippen LogP contribution in [0.4, 0.5) is 5.69 Å². The molecule has 0 radical (unpaired) electrons. The van der Waals surface area contributed by atoms with Gasteiger partial charge in [0.05, 0.1) is 11.3 Å². The topological polar surface area (TPSA) is 83.6 Å². The molecule has 0 aliphatic carbocycles. The second-order valence-electron chi connectivity index (χ2n) is 4.97. The van der Waals surface area contributed by atoms with Crippen LogP contribution in [-0.2, 0) is 4.79 Å². The fourth-order valence-electron chi connectivity index (χ4n) is 2.91. The number of benzene rings is 1. The monoisotopic (exact) mass is 296 g/mol. The zero-order valence-electron chi connectivity index (χ0n) is 11.2. The number of primary amides is 1. The molecule has 0 bridgehead atoms. The molecule has 1 amide bonds. The first-order valence-corrected chi connectivity index (χ1v) is 6.90. The summed E-state index contributed by atoms with van der Waals surface area (Å²) in [6, 6.07) is 4.73. The summed E-state index contributed by atoms with van der Waals surface area (Å²) in [5.74, 6) is -1.47. The molecule has 2 rings (SSSR count). The molecule has 0 aromatic heterocycles. The predicted molar refractivity (Wildman–Crippen MR) is 77.2 cm³/mol. The molecule has 1 fully saturated rings. The maximum Gasteiger partial charge on any atom is 0.329 e. The molecule has 108 valence electrons. The van der Waals surface area contributed by atoms with Crippen LogP contribution in [0, 0.1) is 0 Å². The van der Waals surface area contributed by atoms with Crippen LogP contribution in [-0.4, -0.2) is 29.1 Å². The van der Waals surface area contributed by atoms with Gasteiger partial charge in [-0.2, -0.15) is 0 Å². The molecule has 1 saturated heterocycles. The number of aliphatic carboxylic acids is 1. The number of hydrogen-bond donors (Lipinski definition) is 2. The molecule has 1 atom stereocenters. The third-order valence-electron chi connectivity index (χ3n) is 3.99. The molecule has 0 spiro atoms. The van der Waals surface area contributed by atoms with Crippen molar-refractivity contribution in [2.45, 2.75) is 31.7 Å². The number of anilines is 1. The van der Waals surface area contributed by atoms with Crippen LogP contribution in [0.1, 0.15) is 36.5 Å². The van der Waals surface area contributed by atoms with Crippen molar-refractivity contribution in [1.82, 2.24) is 0 Å². The molecule has 6 heteroatoms. The van der Waals surface area contributed by atoms with E-state index in [0.717, 1.165) is 6.42 Å². The van der Waals surface area contributed by atoms with E-state index >= 15 is 0 Å². The van der Waals surface area contributed by atoms with Gasteiger partial charge in [0.2, 0.25) is 0 Å². The molecule has 1 aliphatic rings. The molecule has 1 aromatic rings. The number of amides is 1. The van der Waals surface area contributed by atoms with Crippen LogP contribution in [0.15, 0.2) is 18.2 Å². The average Bonchev–Trinajstić information content (AvgIpc) is 2.83. The largest absolute Gasteiger partial charge is 0.479 e. The zero-order valence-corrected chi connectivity index (χ0v) is 12.0. The normalized spacial score (nSPS) is 22.0. The van der Waals surface area contributed by atoms with Crippen LogP contribution < -0.4 is 10.6 Å². The van der Waals surface area contributed by atoms with E-state index < -0.39 is 17.4 Å². The number of carboxylic acid groups (broad SMARTS) is 1. The molecular weight excluding hydrogens is 280 g/mol. The van der Waals surface area contributed by atoms with Crippen molar-refractivity contribution in [1.29, 1.82) is 0 Å². The molecular formula is C14H17ClN2O3. The quantitative estimate of drug-likeness (QED) is 0.893. The van der Waals surface area contributed by atoms with Gasteiger partial charge in [-0.3, -0.25) is 4.79 Å². The van der Waals surface area contributed by atoms with Crippen LogP contribution in [0.2, 0.25) is 5.02 Å². The smallest absolute Gasteiger partial charge is 0.329 e. The van der Waals surface area contributed by atoms with Crippen molar-refractivity contribution < 1.29 is 14.7 Å². The van der Waals surface area contributed by atoms with E-state index in [2.05, 4.69) is 0 Å². The number of carbonyl (C=O) groups is 2. The maximum absolute atomic E-state index is 11.7. The lowest BCUT2D eigenvalue weighted by Gasteiger charge is -2.36. The minimum Gasteiger partial charge on any atom is -0.479 e. The van der Waals surface area contributed by atoms with E-state index in [-0.39, 0.29) is 0 Å². The fourth-order valence-corrected chi connectivity index (χ4v) is 3.07. The SMILES string of the molecule is CCC1(C(=O)O)CCCN1c1cc(Cl)ccc1C(N)=O. The summed E-state index contributed by atoms with van der Waals surface area (Å²) >= 11 is 5.99. The lowest BCUT2D eigenvalue weighted by atomic mass is 9.92. The Morgan fingerprint density at radius 2 is 2.20 bits per heavy atom. The predicted octanol–water partition coefficient (Wildman–Crippen LogP) is 2.27. The Kier molecular flexibility index (Phi) is 3.90. The molecule has 1 aliphatic heterocycles. The summed E-state index contributed by atoms with van der Waals surface area (Å²) in [5, 5.41) is 10.1. The molecule has 1 unspecified atom stereocenters. The van der Waals surface area contributed by atoms with E-state index in [1.807, 2.05) is 6.92 Å². The number of carbonyl (C=O) groups excluding carboxylic acids is 1. The molecule has 0 saturated carbocycles. The van der Waals surface area contributed by atoms with E-state index in [1.165, 1.54) is 0 Å². The van der Waals surface area contributed by atoms with Gasteiger partial charge in [0.25, 0.3) is 5.91 Å². The third-order valence-corrected chi connectivity index (χ3v) is 4.22. The van der Waals surface area contributed by atoms with Gasteiger partial charge in [-0.05, 0) is 37.5 Å². The number of nitrogens with two attached hydrogens (primary N) is 1. The minimum absolute atomic E-state index is 0.301. The highest BCUT2D eigenvalue weighted by Crippen LogP contribution is 2.39. The second kappa shape index (κ2) is 5.32. The first kappa shape index (κ1) is 14.7. The van der Waals surface area contributed by atoms with Gasteiger partial charge in [0.15, 0.2) is 0 Å². The number of carboxylic acids is 1. The lowest BCUT2D eigenvalue weighted by Crippen LogP contribution is -2.50. The summed E-state index contributed by atoms with van der Waals surface area (Å²) in [6.07, 6.45) is 1.75. The van der Waals surface area contributed by atoms with E-state index in [0.29, 0.717) is 35.7 Å². The summed E-state index contributed by atoms with van der Waals surface area (Å²) in [5.41, 5.74) is 5.20. The summed E-state index contributed by atoms with van der Waals surface area (Å²) in [4.78, 5) is 25.0. The maximum atomic E-state index is 11.7. The summed E-state index contributed by atoms with van der Waals surface area (Å²) < 4.78 is 0. The fraction of sp³-hybridized carbons (Fsp3) is 0.429. The van der Waals surface area contributed by atoms with Gasteiger partial charge < -0.3 is 15.7 Å². The average molecular weight is 297 g/mol. The molecule has 5 nitrogen and oxygen atoms in total. The Labute approximate surface area is 122 Å². The van der Waals surface area contributed by atoms with Crippen molar-refractivity contribution in [3.8, 4) is 0 Å². The Balaban J connectivity index is 2.57. The Morgan fingerprint density at radius 1 is 1.50 bits per heavy atom. The Hall–Kier alpha value is -1.75. The number of halogens is 1. The van der Waals surface area contributed by atoms with E-state index in [4.69, 9.17) is 17.3 Å². The van der Waals surface area contributed by atoms with Gasteiger partial charge in [-0.1, -0.05) is 18.5 Å². The van der Waals surface area contributed by atoms with E-state index in [1.54, 1.807) is 23.1 Å². The lowest BCUT2D eigenvalue weighted by molar-refractivity contribution is -0.143. The first-order chi connectivity index (χ1) is 9.42. The van der Waals surface area contributed by atoms with Crippen LogP contribution >= 0.6 is 11.6 Å². The molecule has 3 N–H and O–H groups in total.